The van der Waals surface area contributed by atoms with Crippen LogP contribution in [0.4, 0.5) is 5.69 Å². The molecule has 1 aromatic rings. The van der Waals surface area contributed by atoms with Crippen molar-refractivity contribution in [3.63, 3.8) is 0 Å². The lowest BCUT2D eigenvalue weighted by molar-refractivity contribution is -0.117. The topological polar surface area (TPSA) is 52.6 Å². The molecule has 1 fully saturated rings. The highest BCUT2D eigenvalue weighted by Crippen LogP contribution is 2.17. The fourth-order valence-electron chi connectivity index (χ4n) is 2.40. The number of nitrogens with zero attached hydrogens (tertiary/aromatic N) is 1. The number of aliphatic hydroxyl groups is 1. The van der Waals surface area contributed by atoms with E-state index in [0.717, 1.165) is 30.6 Å². The Labute approximate surface area is 108 Å². The Morgan fingerprint density at radius 3 is 3.00 bits per heavy atom. The van der Waals surface area contributed by atoms with E-state index < -0.39 is 0 Å². The molecule has 1 unspecified atom stereocenters. The van der Waals surface area contributed by atoms with E-state index in [1.807, 2.05) is 36.1 Å². The van der Waals surface area contributed by atoms with Crippen LogP contribution in [0.3, 0.4) is 0 Å². The van der Waals surface area contributed by atoms with Crippen LogP contribution >= 0.6 is 0 Å². The molecular weight excluding hydrogens is 228 g/mol. The number of likely N-dealkylation sites (tertiary alicyclic amines) is 1. The molecule has 1 amide bonds. The second kappa shape index (κ2) is 5.98. The van der Waals surface area contributed by atoms with Crippen LogP contribution < -0.4 is 5.32 Å². The minimum absolute atomic E-state index is 0.00958. The molecule has 98 valence electrons. The number of nitrogens with one attached hydrogen (secondary N) is 1. The van der Waals surface area contributed by atoms with Crippen LogP contribution in [0.5, 0.6) is 0 Å². The molecule has 0 spiro atoms. The van der Waals surface area contributed by atoms with Crippen molar-refractivity contribution >= 4 is 11.6 Å². The summed E-state index contributed by atoms with van der Waals surface area (Å²) in [6, 6.07) is 7.89. The van der Waals surface area contributed by atoms with E-state index in [4.69, 9.17) is 0 Å². The number of benzene rings is 1. The fourth-order valence-corrected chi connectivity index (χ4v) is 2.40. The summed E-state index contributed by atoms with van der Waals surface area (Å²) in [5, 5.41) is 12.1. The van der Waals surface area contributed by atoms with Crippen LogP contribution in [0.2, 0.25) is 0 Å². The first-order chi connectivity index (χ1) is 8.70. The molecule has 1 aliphatic heterocycles. The largest absolute Gasteiger partial charge is 0.395 e. The maximum Gasteiger partial charge on any atom is 0.238 e. The maximum atomic E-state index is 11.9. The van der Waals surface area contributed by atoms with E-state index >= 15 is 0 Å². The zero-order valence-electron chi connectivity index (χ0n) is 10.7. The smallest absolute Gasteiger partial charge is 0.238 e. The van der Waals surface area contributed by atoms with Crippen molar-refractivity contribution in [3.8, 4) is 0 Å². The third-order valence-electron chi connectivity index (χ3n) is 3.48. The average molecular weight is 248 g/mol. The third kappa shape index (κ3) is 3.09. The molecule has 0 radical (unpaired) electrons. The predicted octanol–water partition coefficient (Wildman–Crippen LogP) is 1.39. The number of rotatable bonds is 4. The van der Waals surface area contributed by atoms with E-state index in [1.54, 1.807) is 0 Å². The van der Waals surface area contributed by atoms with Crippen molar-refractivity contribution in [3.05, 3.63) is 29.8 Å². The number of anilines is 1. The summed E-state index contributed by atoms with van der Waals surface area (Å²) in [6.07, 6.45) is 2.04. The molecule has 1 saturated heterocycles. The van der Waals surface area contributed by atoms with Crippen molar-refractivity contribution in [2.45, 2.75) is 25.8 Å². The van der Waals surface area contributed by atoms with E-state index in [-0.39, 0.29) is 18.6 Å². The lowest BCUT2D eigenvalue weighted by Gasteiger charge is -2.22. The first-order valence-corrected chi connectivity index (χ1v) is 6.41. The van der Waals surface area contributed by atoms with Gasteiger partial charge < -0.3 is 10.4 Å². The van der Waals surface area contributed by atoms with E-state index in [0.29, 0.717) is 6.54 Å². The van der Waals surface area contributed by atoms with Gasteiger partial charge in [0.05, 0.1) is 13.2 Å². The number of hydrogen-bond donors (Lipinski definition) is 2. The van der Waals surface area contributed by atoms with Gasteiger partial charge in [-0.3, -0.25) is 9.69 Å². The number of carbonyl (C=O) groups excluding carboxylic acids is 1. The summed E-state index contributed by atoms with van der Waals surface area (Å²) >= 11 is 0. The van der Waals surface area contributed by atoms with Gasteiger partial charge in [0.25, 0.3) is 0 Å². The maximum absolute atomic E-state index is 11.9. The molecule has 1 aromatic carbocycles. The SMILES string of the molecule is Cc1ccccc1NC(=O)CN1CCCC1CO. The first kappa shape index (κ1) is 13.1. The first-order valence-electron chi connectivity index (χ1n) is 6.41. The predicted molar refractivity (Wildman–Crippen MR) is 71.5 cm³/mol. The van der Waals surface area contributed by atoms with Crippen molar-refractivity contribution in [2.24, 2.45) is 0 Å². The second-order valence-corrected chi connectivity index (χ2v) is 4.81. The Hall–Kier alpha value is -1.39. The van der Waals surface area contributed by atoms with Gasteiger partial charge in [0, 0.05) is 11.7 Å². The molecule has 0 saturated carbocycles. The molecule has 2 N–H and O–H groups in total. The van der Waals surface area contributed by atoms with Crippen LogP contribution in [0.15, 0.2) is 24.3 Å². The van der Waals surface area contributed by atoms with Gasteiger partial charge in [0.1, 0.15) is 0 Å². The Morgan fingerprint density at radius 1 is 1.50 bits per heavy atom. The summed E-state index contributed by atoms with van der Waals surface area (Å²) < 4.78 is 0. The van der Waals surface area contributed by atoms with Gasteiger partial charge in [0.2, 0.25) is 5.91 Å². The molecule has 0 aromatic heterocycles. The zero-order valence-corrected chi connectivity index (χ0v) is 10.7. The van der Waals surface area contributed by atoms with Crippen LogP contribution in [0.1, 0.15) is 18.4 Å². The highest BCUT2D eigenvalue weighted by atomic mass is 16.3. The number of aliphatic hydroxyl groups excluding tert-OH is 1. The van der Waals surface area contributed by atoms with Gasteiger partial charge in [-0.25, -0.2) is 0 Å². The van der Waals surface area contributed by atoms with Gasteiger partial charge in [-0.1, -0.05) is 18.2 Å². The minimum atomic E-state index is -0.00958. The van der Waals surface area contributed by atoms with Crippen LogP contribution in [0, 0.1) is 6.92 Å². The minimum Gasteiger partial charge on any atom is -0.395 e. The second-order valence-electron chi connectivity index (χ2n) is 4.81. The molecule has 0 aliphatic carbocycles. The van der Waals surface area contributed by atoms with Gasteiger partial charge in [-0.05, 0) is 37.9 Å². The van der Waals surface area contributed by atoms with Crippen molar-refractivity contribution in [1.82, 2.24) is 4.90 Å². The number of aryl methyl sites for hydroxylation is 1. The Balaban J connectivity index is 1.91. The molecule has 4 heteroatoms. The quantitative estimate of drug-likeness (QED) is 0.846. The van der Waals surface area contributed by atoms with E-state index in [9.17, 15) is 9.90 Å². The summed E-state index contributed by atoms with van der Waals surface area (Å²) in [5.41, 5.74) is 1.92. The summed E-state index contributed by atoms with van der Waals surface area (Å²) in [5.74, 6) is -0.00958. The number of amides is 1. The number of carbonyl (C=O) groups is 1. The van der Waals surface area contributed by atoms with Crippen LogP contribution in [0.25, 0.3) is 0 Å². The van der Waals surface area contributed by atoms with Crippen molar-refractivity contribution in [2.75, 3.05) is 25.0 Å². The molecule has 4 nitrogen and oxygen atoms in total. The monoisotopic (exact) mass is 248 g/mol. The fraction of sp³-hybridized carbons (Fsp3) is 0.500. The molecule has 1 heterocycles. The highest BCUT2D eigenvalue weighted by molar-refractivity contribution is 5.92. The molecule has 1 aliphatic rings. The Morgan fingerprint density at radius 2 is 2.28 bits per heavy atom. The Bertz CT molecular complexity index is 420. The van der Waals surface area contributed by atoms with Gasteiger partial charge in [-0.15, -0.1) is 0 Å². The van der Waals surface area contributed by atoms with Crippen molar-refractivity contribution in [1.29, 1.82) is 0 Å². The molecule has 1 atom stereocenters. The lowest BCUT2D eigenvalue weighted by Crippen LogP contribution is -2.38. The van der Waals surface area contributed by atoms with Gasteiger partial charge in [0.15, 0.2) is 0 Å². The zero-order chi connectivity index (χ0) is 13.0. The summed E-state index contributed by atoms with van der Waals surface area (Å²) in [4.78, 5) is 14.0. The normalized spacial score (nSPS) is 20.0. The molecular formula is C14H20N2O2. The van der Waals surface area contributed by atoms with Crippen LogP contribution in [-0.2, 0) is 4.79 Å². The molecule has 18 heavy (non-hydrogen) atoms. The average Bonchev–Trinajstić information content (AvgIpc) is 2.79. The summed E-state index contributed by atoms with van der Waals surface area (Å²) in [7, 11) is 0. The van der Waals surface area contributed by atoms with E-state index in [1.165, 1.54) is 0 Å². The number of hydrogen-bond acceptors (Lipinski definition) is 3. The Kier molecular flexibility index (Phi) is 4.33. The number of para-hydroxylation sites is 1. The standard InChI is InChI=1S/C14H20N2O2/c1-11-5-2-3-7-13(11)15-14(18)9-16-8-4-6-12(16)10-17/h2-3,5,7,12,17H,4,6,8-10H2,1H3,(H,15,18). The van der Waals surface area contributed by atoms with Crippen molar-refractivity contribution < 1.29 is 9.90 Å². The molecule has 2 rings (SSSR count). The third-order valence-corrected chi connectivity index (χ3v) is 3.48. The molecule has 0 bridgehead atoms. The van der Waals surface area contributed by atoms with Gasteiger partial charge in [-0.2, -0.15) is 0 Å². The van der Waals surface area contributed by atoms with Crippen LogP contribution in [-0.4, -0.2) is 41.7 Å². The summed E-state index contributed by atoms with van der Waals surface area (Å²) in [6.45, 7) is 3.37. The highest BCUT2D eigenvalue weighted by Gasteiger charge is 2.25. The lowest BCUT2D eigenvalue weighted by atomic mass is 10.2. The van der Waals surface area contributed by atoms with Gasteiger partial charge >= 0.3 is 0 Å². The van der Waals surface area contributed by atoms with E-state index in [2.05, 4.69) is 5.32 Å².